The highest BCUT2D eigenvalue weighted by Crippen LogP contribution is 2.19. The fourth-order valence-corrected chi connectivity index (χ4v) is 2.06. The molecule has 0 radical (unpaired) electrons. The Balaban J connectivity index is 2.09. The molecular formula is C17H21N3O. The van der Waals surface area contributed by atoms with Gasteiger partial charge in [-0.3, -0.25) is 9.78 Å². The Bertz CT molecular complexity index is 596. The maximum absolute atomic E-state index is 12.0. The zero-order valence-electron chi connectivity index (χ0n) is 12.6. The van der Waals surface area contributed by atoms with Gasteiger partial charge in [0.25, 0.3) is 5.91 Å². The van der Waals surface area contributed by atoms with Gasteiger partial charge in [0.15, 0.2) is 0 Å². The van der Waals surface area contributed by atoms with Crippen LogP contribution in [0.5, 0.6) is 0 Å². The van der Waals surface area contributed by atoms with Crippen molar-refractivity contribution >= 4 is 11.6 Å². The second kappa shape index (κ2) is 6.88. The van der Waals surface area contributed by atoms with Crippen LogP contribution in [-0.2, 0) is 0 Å². The molecule has 1 aromatic heterocycles. The zero-order chi connectivity index (χ0) is 15.2. The van der Waals surface area contributed by atoms with E-state index >= 15 is 0 Å². The summed E-state index contributed by atoms with van der Waals surface area (Å²) in [6.45, 7) is 5.97. The highest BCUT2D eigenvalue weighted by molar-refractivity contribution is 5.95. The summed E-state index contributed by atoms with van der Waals surface area (Å²) < 4.78 is 0. The quantitative estimate of drug-likeness (QED) is 0.884. The zero-order valence-corrected chi connectivity index (χ0v) is 12.6. The normalized spacial score (nSPS) is 12.0. The first kappa shape index (κ1) is 15.0. The van der Waals surface area contributed by atoms with E-state index in [1.54, 1.807) is 6.20 Å². The number of nitrogens with one attached hydrogen (secondary N) is 2. The summed E-state index contributed by atoms with van der Waals surface area (Å²) in [5.41, 5.74) is 2.68. The number of hydrogen-bond donors (Lipinski definition) is 2. The molecule has 0 saturated heterocycles. The minimum atomic E-state index is -0.0531. The predicted molar refractivity (Wildman–Crippen MR) is 85.3 cm³/mol. The van der Waals surface area contributed by atoms with E-state index < -0.39 is 0 Å². The van der Waals surface area contributed by atoms with Crippen LogP contribution in [0.15, 0.2) is 48.8 Å². The molecule has 0 aliphatic carbocycles. The van der Waals surface area contributed by atoms with Crippen LogP contribution in [0.2, 0.25) is 0 Å². The summed E-state index contributed by atoms with van der Waals surface area (Å²) in [5, 5.41) is 6.28. The van der Waals surface area contributed by atoms with E-state index in [2.05, 4.69) is 22.5 Å². The van der Waals surface area contributed by atoms with Gasteiger partial charge in [-0.2, -0.15) is 0 Å². The average Bonchev–Trinajstić information content (AvgIpc) is 2.47. The first-order valence-electron chi connectivity index (χ1n) is 7.13. The van der Waals surface area contributed by atoms with Crippen LogP contribution in [0.3, 0.4) is 0 Å². The fraction of sp³-hybridized carbons (Fsp3) is 0.294. The molecule has 4 heteroatoms. The topological polar surface area (TPSA) is 54.0 Å². The number of anilines is 1. The number of aromatic nitrogens is 1. The van der Waals surface area contributed by atoms with Crippen molar-refractivity contribution in [3.05, 3.63) is 59.9 Å². The third kappa shape index (κ3) is 4.31. The minimum Gasteiger partial charge on any atom is -0.378 e. The predicted octanol–water partition coefficient (Wildman–Crippen LogP) is 3.39. The van der Waals surface area contributed by atoms with Gasteiger partial charge >= 0.3 is 0 Å². The van der Waals surface area contributed by atoms with Gasteiger partial charge in [0, 0.05) is 29.7 Å². The number of carbonyl (C=O) groups excluding carboxylic acids is 1. The molecule has 0 aliphatic rings. The lowest BCUT2D eigenvalue weighted by Crippen LogP contribution is -2.30. The van der Waals surface area contributed by atoms with Gasteiger partial charge in [0.1, 0.15) is 0 Å². The second-order valence-electron chi connectivity index (χ2n) is 5.36. The van der Waals surface area contributed by atoms with Gasteiger partial charge in [-0.05, 0) is 50.6 Å². The van der Waals surface area contributed by atoms with E-state index in [4.69, 9.17) is 0 Å². The van der Waals surface area contributed by atoms with Crippen molar-refractivity contribution in [3.63, 3.8) is 0 Å². The third-order valence-corrected chi connectivity index (χ3v) is 3.11. The molecule has 1 heterocycles. The molecule has 2 N–H and O–H groups in total. The summed E-state index contributed by atoms with van der Waals surface area (Å²) in [6.07, 6.45) is 3.60. The molecule has 21 heavy (non-hydrogen) atoms. The highest BCUT2D eigenvalue weighted by atomic mass is 16.1. The first-order valence-corrected chi connectivity index (χ1v) is 7.13. The van der Waals surface area contributed by atoms with E-state index in [0.29, 0.717) is 5.56 Å². The number of amides is 1. The largest absolute Gasteiger partial charge is 0.378 e. The number of pyridine rings is 1. The molecule has 110 valence electrons. The molecule has 1 aromatic carbocycles. The Labute approximate surface area is 125 Å². The van der Waals surface area contributed by atoms with Crippen molar-refractivity contribution in [2.75, 3.05) is 5.32 Å². The summed E-state index contributed by atoms with van der Waals surface area (Å²) in [5.74, 6) is -0.0531. The number of rotatable bonds is 5. The lowest BCUT2D eigenvalue weighted by molar-refractivity contribution is 0.0943. The van der Waals surface area contributed by atoms with Crippen molar-refractivity contribution in [1.29, 1.82) is 0 Å². The fourth-order valence-electron chi connectivity index (χ4n) is 2.06. The average molecular weight is 283 g/mol. The van der Waals surface area contributed by atoms with Gasteiger partial charge in [-0.25, -0.2) is 0 Å². The molecule has 4 nitrogen and oxygen atoms in total. The SMILES string of the molecule is CC(C)NC(=O)c1cccc(NC(C)c2cccnc2)c1. The maximum atomic E-state index is 12.0. The highest BCUT2D eigenvalue weighted by Gasteiger charge is 2.09. The van der Waals surface area contributed by atoms with Crippen LogP contribution in [0.4, 0.5) is 5.69 Å². The van der Waals surface area contributed by atoms with E-state index in [9.17, 15) is 4.79 Å². The van der Waals surface area contributed by atoms with Crippen LogP contribution in [0.25, 0.3) is 0 Å². The molecule has 2 aromatic rings. The number of carbonyl (C=O) groups is 1. The van der Waals surface area contributed by atoms with Gasteiger partial charge in [0.05, 0.1) is 6.04 Å². The van der Waals surface area contributed by atoms with Crippen molar-refractivity contribution < 1.29 is 4.79 Å². The molecule has 1 amide bonds. The monoisotopic (exact) mass is 283 g/mol. The number of benzene rings is 1. The summed E-state index contributed by atoms with van der Waals surface area (Å²) in [4.78, 5) is 16.1. The van der Waals surface area contributed by atoms with Gasteiger partial charge in [0.2, 0.25) is 0 Å². The van der Waals surface area contributed by atoms with Gasteiger partial charge < -0.3 is 10.6 Å². The standard InChI is InChI=1S/C17H21N3O/c1-12(2)19-17(21)14-6-4-8-16(10-14)20-13(3)15-7-5-9-18-11-15/h4-13,20H,1-3H3,(H,19,21). The Kier molecular flexibility index (Phi) is 4.93. The van der Waals surface area contributed by atoms with Crippen LogP contribution in [-0.4, -0.2) is 16.9 Å². The number of hydrogen-bond acceptors (Lipinski definition) is 3. The Morgan fingerprint density at radius 2 is 1.95 bits per heavy atom. The lowest BCUT2D eigenvalue weighted by Gasteiger charge is -2.16. The Morgan fingerprint density at radius 3 is 2.62 bits per heavy atom. The van der Waals surface area contributed by atoms with E-state index in [1.165, 1.54) is 0 Å². The molecular weight excluding hydrogens is 262 g/mol. The van der Waals surface area contributed by atoms with Gasteiger partial charge in [-0.1, -0.05) is 12.1 Å². The van der Waals surface area contributed by atoms with Crippen molar-refractivity contribution in [2.45, 2.75) is 32.9 Å². The van der Waals surface area contributed by atoms with Crippen LogP contribution in [0, 0.1) is 0 Å². The molecule has 0 aliphatic heterocycles. The minimum absolute atomic E-state index is 0.0531. The molecule has 2 rings (SSSR count). The van der Waals surface area contributed by atoms with Crippen LogP contribution in [0.1, 0.15) is 42.7 Å². The van der Waals surface area contributed by atoms with E-state index in [0.717, 1.165) is 11.3 Å². The maximum Gasteiger partial charge on any atom is 0.251 e. The number of nitrogens with zero attached hydrogens (tertiary/aromatic N) is 1. The summed E-state index contributed by atoms with van der Waals surface area (Å²) >= 11 is 0. The van der Waals surface area contributed by atoms with Gasteiger partial charge in [-0.15, -0.1) is 0 Å². The molecule has 0 spiro atoms. The van der Waals surface area contributed by atoms with Crippen LogP contribution >= 0.6 is 0 Å². The third-order valence-electron chi connectivity index (χ3n) is 3.11. The van der Waals surface area contributed by atoms with E-state index in [-0.39, 0.29) is 18.0 Å². The Hall–Kier alpha value is -2.36. The molecule has 0 fully saturated rings. The van der Waals surface area contributed by atoms with Crippen LogP contribution < -0.4 is 10.6 Å². The molecule has 0 saturated carbocycles. The lowest BCUT2D eigenvalue weighted by atomic mass is 10.1. The molecule has 1 atom stereocenters. The summed E-state index contributed by atoms with van der Waals surface area (Å²) in [6, 6.07) is 11.7. The smallest absolute Gasteiger partial charge is 0.251 e. The first-order chi connectivity index (χ1) is 10.1. The molecule has 1 unspecified atom stereocenters. The Morgan fingerprint density at radius 1 is 1.14 bits per heavy atom. The summed E-state index contributed by atoms with van der Waals surface area (Å²) in [7, 11) is 0. The molecule has 0 bridgehead atoms. The van der Waals surface area contributed by atoms with Crippen molar-refractivity contribution in [2.24, 2.45) is 0 Å². The van der Waals surface area contributed by atoms with Crippen molar-refractivity contribution in [3.8, 4) is 0 Å². The van der Waals surface area contributed by atoms with E-state index in [1.807, 2.05) is 56.4 Å². The van der Waals surface area contributed by atoms with Crippen molar-refractivity contribution in [1.82, 2.24) is 10.3 Å². The second-order valence-corrected chi connectivity index (χ2v) is 5.36.